The van der Waals surface area contributed by atoms with Gasteiger partial charge in [-0.1, -0.05) is 5.16 Å². The van der Waals surface area contributed by atoms with E-state index in [-0.39, 0.29) is 29.7 Å². The highest BCUT2D eigenvalue weighted by Gasteiger charge is 2.33. The van der Waals surface area contributed by atoms with Crippen molar-refractivity contribution in [2.45, 2.75) is 25.7 Å². The summed E-state index contributed by atoms with van der Waals surface area (Å²) in [7, 11) is -3.66. The Kier molecular flexibility index (Phi) is 5.31. The highest BCUT2D eigenvalue weighted by atomic mass is 32.2. The first kappa shape index (κ1) is 18.8. The number of sulfonamides is 1. The number of carbonyl (C=O) groups excluding carboxylic acids is 1. The summed E-state index contributed by atoms with van der Waals surface area (Å²) in [5.74, 6) is 0.183. The van der Waals surface area contributed by atoms with Crippen molar-refractivity contribution >= 4 is 33.3 Å². The fourth-order valence-corrected chi connectivity index (χ4v) is 5.46. The van der Waals surface area contributed by atoms with Gasteiger partial charge in [0.1, 0.15) is 10.6 Å². The number of thiophene rings is 1. The summed E-state index contributed by atoms with van der Waals surface area (Å²) >= 11 is 1.58. The maximum atomic E-state index is 12.8. The van der Waals surface area contributed by atoms with E-state index in [1.807, 2.05) is 24.4 Å². The molecule has 0 aliphatic carbocycles. The van der Waals surface area contributed by atoms with E-state index in [1.165, 1.54) is 4.31 Å². The fourth-order valence-electron chi connectivity index (χ4n) is 2.93. The molecule has 1 saturated heterocycles. The molecule has 1 aliphatic heterocycles. The molecule has 9 heteroatoms. The number of rotatable bonds is 4. The molecular weight excluding hydrogens is 374 g/mol. The Hall–Kier alpha value is -1.97. The molecule has 0 bridgehead atoms. The lowest BCUT2D eigenvalue weighted by Gasteiger charge is -2.33. The number of carbonyl (C=O) groups is 1. The SMILES string of the molecule is Cc1ccsc1/C=C/C(=O)N1CCN(S(=O)(=O)c2c(C)noc2C)CC1. The third kappa shape index (κ3) is 3.60. The van der Waals surface area contributed by atoms with Gasteiger partial charge in [-0.25, -0.2) is 8.42 Å². The minimum absolute atomic E-state index is 0.104. The number of nitrogens with zero attached hydrogens (tertiary/aromatic N) is 3. The molecule has 0 unspecified atom stereocenters. The molecule has 3 rings (SSSR count). The van der Waals surface area contributed by atoms with Crippen LogP contribution >= 0.6 is 11.3 Å². The molecule has 0 atom stereocenters. The summed E-state index contributed by atoms with van der Waals surface area (Å²) in [5, 5.41) is 5.71. The zero-order valence-electron chi connectivity index (χ0n) is 14.9. The van der Waals surface area contributed by atoms with Gasteiger partial charge >= 0.3 is 0 Å². The smallest absolute Gasteiger partial charge is 0.248 e. The largest absolute Gasteiger partial charge is 0.360 e. The Morgan fingerprint density at radius 3 is 2.46 bits per heavy atom. The van der Waals surface area contributed by atoms with E-state index in [0.29, 0.717) is 18.8 Å². The van der Waals surface area contributed by atoms with Crippen molar-refractivity contribution in [2.75, 3.05) is 26.2 Å². The van der Waals surface area contributed by atoms with E-state index in [9.17, 15) is 13.2 Å². The summed E-state index contributed by atoms with van der Waals surface area (Å²) < 4.78 is 32.0. The number of hydrogen-bond donors (Lipinski definition) is 0. The number of aromatic nitrogens is 1. The van der Waals surface area contributed by atoms with Gasteiger partial charge in [0.15, 0.2) is 5.76 Å². The van der Waals surface area contributed by atoms with Gasteiger partial charge in [0.05, 0.1) is 0 Å². The molecular formula is C17H21N3O4S2. The first-order valence-electron chi connectivity index (χ1n) is 8.25. The molecule has 0 saturated carbocycles. The van der Waals surface area contributed by atoms with Crippen molar-refractivity contribution in [3.63, 3.8) is 0 Å². The first-order chi connectivity index (χ1) is 12.3. The molecule has 1 aliphatic rings. The molecule has 3 heterocycles. The number of piperazine rings is 1. The van der Waals surface area contributed by atoms with Crippen LogP contribution in [0.25, 0.3) is 6.08 Å². The van der Waals surface area contributed by atoms with Gasteiger partial charge in [-0.15, -0.1) is 11.3 Å². The Bertz CT molecular complexity index is 916. The van der Waals surface area contributed by atoms with Crippen LogP contribution < -0.4 is 0 Å². The molecule has 1 fully saturated rings. The van der Waals surface area contributed by atoms with Gasteiger partial charge in [0.2, 0.25) is 15.9 Å². The van der Waals surface area contributed by atoms with Gasteiger partial charge in [0, 0.05) is 37.1 Å². The predicted octanol–water partition coefficient (Wildman–Crippen LogP) is 2.21. The van der Waals surface area contributed by atoms with Gasteiger partial charge in [-0.05, 0) is 43.9 Å². The van der Waals surface area contributed by atoms with Crippen LogP contribution in [0.5, 0.6) is 0 Å². The van der Waals surface area contributed by atoms with E-state index in [4.69, 9.17) is 4.52 Å². The predicted molar refractivity (Wildman–Crippen MR) is 99.4 cm³/mol. The molecule has 1 amide bonds. The lowest BCUT2D eigenvalue weighted by molar-refractivity contribution is -0.127. The van der Waals surface area contributed by atoms with Gasteiger partial charge < -0.3 is 9.42 Å². The summed E-state index contributed by atoms with van der Waals surface area (Å²) in [5.41, 5.74) is 1.49. The van der Waals surface area contributed by atoms with Gasteiger partial charge in [0.25, 0.3) is 0 Å². The van der Waals surface area contributed by atoms with Crippen LogP contribution in [-0.4, -0.2) is 54.9 Å². The number of amides is 1. The van der Waals surface area contributed by atoms with E-state index < -0.39 is 10.0 Å². The Morgan fingerprint density at radius 2 is 1.92 bits per heavy atom. The van der Waals surface area contributed by atoms with Crippen LogP contribution in [0.2, 0.25) is 0 Å². The second-order valence-electron chi connectivity index (χ2n) is 6.18. The van der Waals surface area contributed by atoms with E-state index in [1.54, 1.807) is 36.2 Å². The van der Waals surface area contributed by atoms with Crippen LogP contribution in [0.15, 0.2) is 26.9 Å². The van der Waals surface area contributed by atoms with E-state index in [0.717, 1.165) is 10.4 Å². The quantitative estimate of drug-likeness (QED) is 0.741. The van der Waals surface area contributed by atoms with Crippen molar-refractivity contribution in [3.8, 4) is 0 Å². The third-order valence-electron chi connectivity index (χ3n) is 4.40. The monoisotopic (exact) mass is 395 g/mol. The zero-order chi connectivity index (χ0) is 18.9. The second kappa shape index (κ2) is 7.34. The molecule has 2 aromatic heterocycles. The Labute approximate surface area is 156 Å². The summed E-state index contributed by atoms with van der Waals surface area (Å²) in [6, 6.07) is 2.01. The van der Waals surface area contributed by atoms with Gasteiger partial charge in [-0.3, -0.25) is 4.79 Å². The van der Waals surface area contributed by atoms with Crippen molar-refractivity contribution in [1.82, 2.24) is 14.4 Å². The van der Waals surface area contributed by atoms with Crippen molar-refractivity contribution < 1.29 is 17.7 Å². The van der Waals surface area contributed by atoms with Gasteiger partial charge in [-0.2, -0.15) is 4.31 Å². The molecule has 0 aromatic carbocycles. The van der Waals surface area contributed by atoms with Crippen LogP contribution in [0.4, 0.5) is 0 Å². The molecule has 140 valence electrons. The third-order valence-corrected chi connectivity index (χ3v) is 7.52. The van der Waals surface area contributed by atoms with Crippen LogP contribution in [0, 0.1) is 20.8 Å². The minimum Gasteiger partial charge on any atom is -0.360 e. The highest BCUT2D eigenvalue weighted by Crippen LogP contribution is 2.24. The molecule has 0 spiro atoms. The second-order valence-corrected chi connectivity index (χ2v) is 9.01. The molecule has 0 N–H and O–H groups in total. The average Bonchev–Trinajstić information content (AvgIpc) is 3.18. The standard InChI is InChI=1S/C17H21N3O4S2/c1-12-6-11-25-15(12)4-5-16(21)19-7-9-20(10-8-19)26(22,23)17-13(2)18-24-14(17)3/h4-6,11H,7-10H2,1-3H3/b5-4+. The first-order valence-corrected chi connectivity index (χ1v) is 10.6. The lowest BCUT2D eigenvalue weighted by atomic mass is 10.2. The summed E-state index contributed by atoms with van der Waals surface area (Å²) in [6.07, 6.45) is 3.37. The number of aryl methyl sites for hydroxylation is 3. The maximum Gasteiger partial charge on any atom is 0.248 e. The van der Waals surface area contributed by atoms with Crippen LogP contribution in [0.3, 0.4) is 0 Å². The van der Waals surface area contributed by atoms with E-state index in [2.05, 4.69) is 5.16 Å². The van der Waals surface area contributed by atoms with E-state index >= 15 is 0 Å². The lowest BCUT2D eigenvalue weighted by Crippen LogP contribution is -2.50. The minimum atomic E-state index is -3.66. The Morgan fingerprint density at radius 1 is 1.23 bits per heavy atom. The summed E-state index contributed by atoms with van der Waals surface area (Å²) in [6.45, 7) is 6.42. The number of hydrogen-bond acceptors (Lipinski definition) is 6. The topological polar surface area (TPSA) is 83.7 Å². The van der Waals surface area contributed by atoms with Crippen molar-refractivity contribution in [3.05, 3.63) is 39.4 Å². The van der Waals surface area contributed by atoms with Crippen molar-refractivity contribution in [1.29, 1.82) is 0 Å². The zero-order valence-corrected chi connectivity index (χ0v) is 16.6. The molecule has 2 aromatic rings. The Balaban J connectivity index is 1.65. The fraction of sp³-hybridized carbons (Fsp3) is 0.412. The molecule has 26 heavy (non-hydrogen) atoms. The van der Waals surface area contributed by atoms with Crippen molar-refractivity contribution in [2.24, 2.45) is 0 Å². The molecule has 7 nitrogen and oxygen atoms in total. The maximum absolute atomic E-state index is 12.8. The normalized spacial score (nSPS) is 16.5. The van der Waals surface area contributed by atoms with Crippen LogP contribution in [-0.2, 0) is 14.8 Å². The van der Waals surface area contributed by atoms with Crippen LogP contribution in [0.1, 0.15) is 21.9 Å². The average molecular weight is 396 g/mol. The molecule has 0 radical (unpaired) electrons. The summed E-state index contributed by atoms with van der Waals surface area (Å²) in [4.78, 5) is 15.2. The highest BCUT2D eigenvalue weighted by molar-refractivity contribution is 7.89.